The van der Waals surface area contributed by atoms with Gasteiger partial charge in [0, 0.05) is 45.4 Å². The molecular formula is C25H35N5O6. The van der Waals surface area contributed by atoms with Crippen LogP contribution in [0.4, 0.5) is 11.7 Å². The Kier molecular flexibility index (Phi) is 8.57. The number of hydrogen-bond acceptors (Lipinski definition) is 9. The molecule has 0 saturated carbocycles. The number of hydrogen-bond donors (Lipinski definition) is 2. The van der Waals surface area contributed by atoms with E-state index in [2.05, 4.69) is 34.4 Å². The van der Waals surface area contributed by atoms with E-state index in [0.29, 0.717) is 76.5 Å². The van der Waals surface area contributed by atoms with Crippen molar-refractivity contribution in [2.45, 2.75) is 25.9 Å². The first-order valence-corrected chi connectivity index (χ1v) is 12.2. The van der Waals surface area contributed by atoms with Gasteiger partial charge in [-0.15, -0.1) is 0 Å². The summed E-state index contributed by atoms with van der Waals surface area (Å²) in [5.74, 6) is -0.745. The quantitative estimate of drug-likeness (QED) is 0.496. The molecular weight excluding hydrogens is 466 g/mol. The van der Waals surface area contributed by atoms with E-state index in [0.717, 1.165) is 12.1 Å². The van der Waals surface area contributed by atoms with Crippen LogP contribution in [0.15, 0.2) is 28.9 Å². The van der Waals surface area contributed by atoms with E-state index >= 15 is 0 Å². The summed E-state index contributed by atoms with van der Waals surface area (Å²) in [5, 5.41) is 5.68. The van der Waals surface area contributed by atoms with Gasteiger partial charge in [0.15, 0.2) is 5.69 Å². The van der Waals surface area contributed by atoms with Crippen molar-refractivity contribution in [3.63, 3.8) is 0 Å². The molecule has 4 rings (SSSR count). The number of oxazole rings is 1. The van der Waals surface area contributed by atoms with Crippen LogP contribution in [0, 0.1) is 0 Å². The first kappa shape index (κ1) is 26.1. The summed E-state index contributed by atoms with van der Waals surface area (Å²) in [4.78, 5) is 34.6. The van der Waals surface area contributed by atoms with Crippen molar-refractivity contribution < 1.29 is 28.2 Å². The van der Waals surface area contributed by atoms with Crippen LogP contribution >= 0.6 is 0 Å². The second kappa shape index (κ2) is 11.8. The normalized spacial score (nSPS) is 18.1. The Balaban J connectivity index is 1.52. The molecule has 0 radical (unpaired) electrons. The fourth-order valence-corrected chi connectivity index (χ4v) is 4.21. The van der Waals surface area contributed by atoms with Gasteiger partial charge in [-0.25, -0.2) is 0 Å². The lowest BCUT2D eigenvalue weighted by molar-refractivity contribution is -0.0552. The molecule has 3 heterocycles. The number of methoxy groups -OCH3 is 1. The Bertz CT molecular complexity index is 1050. The summed E-state index contributed by atoms with van der Waals surface area (Å²) in [6.07, 6.45) is 1.33. The summed E-state index contributed by atoms with van der Waals surface area (Å²) < 4.78 is 21.5. The van der Waals surface area contributed by atoms with Crippen molar-refractivity contribution in [2.75, 3.05) is 76.5 Å². The lowest BCUT2D eigenvalue weighted by Gasteiger charge is -2.42. The van der Waals surface area contributed by atoms with Crippen molar-refractivity contribution in [1.29, 1.82) is 0 Å². The number of amides is 2. The molecule has 0 aliphatic carbocycles. The Labute approximate surface area is 211 Å². The van der Waals surface area contributed by atoms with E-state index in [-0.39, 0.29) is 17.1 Å². The number of carbonyl (C=O) groups is 2. The van der Waals surface area contributed by atoms with Crippen molar-refractivity contribution in [3.05, 3.63) is 41.3 Å². The van der Waals surface area contributed by atoms with Gasteiger partial charge < -0.3 is 34.2 Å². The van der Waals surface area contributed by atoms with Gasteiger partial charge in [-0.2, -0.15) is 4.98 Å². The minimum atomic E-state index is -0.453. The summed E-state index contributed by atoms with van der Waals surface area (Å²) in [7, 11) is 1.58. The highest BCUT2D eigenvalue weighted by Gasteiger charge is 2.30. The zero-order valence-electron chi connectivity index (χ0n) is 21.2. The van der Waals surface area contributed by atoms with E-state index in [1.807, 2.05) is 17.0 Å². The topological polar surface area (TPSA) is 118 Å². The number of aromatic nitrogens is 1. The number of nitrogens with zero attached hydrogens (tertiary/aromatic N) is 3. The van der Waals surface area contributed by atoms with Crippen LogP contribution in [0.5, 0.6) is 0 Å². The predicted molar refractivity (Wildman–Crippen MR) is 133 cm³/mol. The second-order valence-electron chi connectivity index (χ2n) is 9.48. The first-order chi connectivity index (χ1) is 17.4. The highest BCUT2D eigenvalue weighted by Crippen LogP contribution is 2.25. The van der Waals surface area contributed by atoms with Crippen LogP contribution in [-0.2, 0) is 20.8 Å². The second-order valence-corrected chi connectivity index (χ2v) is 9.48. The molecule has 2 amide bonds. The Morgan fingerprint density at radius 1 is 1.11 bits per heavy atom. The molecule has 0 atom stereocenters. The number of benzene rings is 1. The standard InChI is InChI=1S/C25H35N5O6/c1-25(2)17-35-13-9-30(25)15-18-4-5-20(19(14-18)22(31)26-6-10-33-3)27-23(32)21-16-36-24(28-21)29-7-11-34-12-8-29/h4-5,14,16H,6-13,15,17H2,1-3H3,(H,26,31)(H,27,32). The summed E-state index contributed by atoms with van der Waals surface area (Å²) in [6.45, 7) is 10.3. The molecule has 2 aliphatic heterocycles. The van der Waals surface area contributed by atoms with Crippen LogP contribution in [0.3, 0.4) is 0 Å². The van der Waals surface area contributed by atoms with Gasteiger partial charge in [0.25, 0.3) is 17.8 Å². The monoisotopic (exact) mass is 501 g/mol. The van der Waals surface area contributed by atoms with Crippen LogP contribution < -0.4 is 15.5 Å². The molecule has 11 heteroatoms. The van der Waals surface area contributed by atoms with Gasteiger partial charge in [0.05, 0.1) is 44.3 Å². The maximum absolute atomic E-state index is 13.0. The molecule has 11 nitrogen and oxygen atoms in total. The molecule has 1 aromatic heterocycles. The molecule has 2 aliphatic rings. The number of ether oxygens (including phenoxy) is 3. The number of anilines is 2. The molecule has 0 bridgehead atoms. The van der Waals surface area contributed by atoms with Crippen molar-refractivity contribution >= 4 is 23.5 Å². The largest absolute Gasteiger partial charge is 0.431 e. The highest BCUT2D eigenvalue weighted by molar-refractivity contribution is 6.08. The first-order valence-electron chi connectivity index (χ1n) is 12.2. The SMILES string of the molecule is COCCNC(=O)c1cc(CN2CCOCC2(C)C)ccc1NC(=O)c1coc(N2CCOCC2)n1. The van der Waals surface area contributed by atoms with Crippen molar-refractivity contribution in [2.24, 2.45) is 0 Å². The van der Waals surface area contributed by atoms with Crippen molar-refractivity contribution in [1.82, 2.24) is 15.2 Å². The summed E-state index contributed by atoms with van der Waals surface area (Å²) in [5.41, 5.74) is 1.77. The number of morpholine rings is 2. The van der Waals surface area contributed by atoms with Gasteiger partial charge in [-0.05, 0) is 31.5 Å². The minimum Gasteiger partial charge on any atom is -0.431 e. The van der Waals surface area contributed by atoms with E-state index in [1.165, 1.54) is 6.26 Å². The summed E-state index contributed by atoms with van der Waals surface area (Å²) >= 11 is 0. The average Bonchev–Trinajstić information content (AvgIpc) is 3.37. The van der Waals surface area contributed by atoms with Gasteiger partial charge in [0.2, 0.25) is 0 Å². The van der Waals surface area contributed by atoms with Crippen LogP contribution in [0.25, 0.3) is 0 Å². The molecule has 2 N–H and O–H groups in total. The molecule has 2 aromatic rings. The maximum Gasteiger partial charge on any atom is 0.298 e. The van der Waals surface area contributed by atoms with Gasteiger partial charge in [0.1, 0.15) is 6.26 Å². The van der Waals surface area contributed by atoms with Crippen molar-refractivity contribution in [3.8, 4) is 0 Å². The fraction of sp³-hybridized carbons (Fsp3) is 0.560. The number of nitrogens with one attached hydrogen (secondary N) is 2. The Morgan fingerprint density at radius 2 is 1.89 bits per heavy atom. The molecule has 1 aromatic carbocycles. The van der Waals surface area contributed by atoms with Gasteiger partial charge >= 0.3 is 0 Å². The van der Waals surface area contributed by atoms with Gasteiger partial charge in [-0.3, -0.25) is 14.5 Å². The van der Waals surface area contributed by atoms with Crippen LogP contribution in [0.1, 0.15) is 40.3 Å². The highest BCUT2D eigenvalue weighted by atomic mass is 16.5. The zero-order valence-corrected chi connectivity index (χ0v) is 21.2. The van der Waals surface area contributed by atoms with E-state index < -0.39 is 5.91 Å². The zero-order chi connectivity index (χ0) is 25.5. The van der Waals surface area contributed by atoms with E-state index in [1.54, 1.807) is 13.2 Å². The lowest BCUT2D eigenvalue weighted by atomic mass is 10.00. The molecule has 0 spiro atoms. The molecule has 2 fully saturated rings. The van der Waals surface area contributed by atoms with Crippen LogP contribution in [-0.4, -0.2) is 93.6 Å². The third-order valence-electron chi connectivity index (χ3n) is 6.37. The summed E-state index contributed by atoms with van der Waals surface area (Å²) in [6, 6.07) is 5.89. The fourth-order valence-electron chi connectivity index (χ4n) is 4.21. The maximum atomic E-state index is 13.0. The molecule has 36 heavy (non-hydrogen) atoms. The lowest BCUT2D eigenvalue weighted by Crippen LogP contribution is -2.52. The smallest absolute Gasteiger partial charge is 0.298 e. The number of rotatable bonds is 9. The minimum absolute atomic E-state index is 0.114. The molecule has 2 saturated heterocycles. The predicted octanol–water partition coefficient (Wildman–Crippen LogP) is 1.75. The molecule has 0 unspecified atom stereocenters. The van der Waals surface area contributed by atoms with E-state index in [4.69, 9.17) is 18.6 Å². The third-order valence-corrected chi connectivity index (χ3v) is 6.37. The Morgan fingerprint density at radius 3 is 2.64 bits per heavy atom. The van der Waals surface area contributed by atoms with E-state index in [9.17, 15) is 9.59 Å². The number of carbonyl (C=O) groups excluding carboxylic acids is 2. The van der Waals surface area contributed by atoms with Gasteiger partial charge in [-0.1, -0.05) is 6.07 Å². The third kappa shape index (κ3) is 6.41. The van der Waals surface area contributed by atoms with Crippen LogP contribution in [0.2, 0.25) is 0 Å². The average molecular weight is 502 g/mol. The molecule has 196 valence electrons. The Hall–Kier alpha value is -2.99.